The normalized spacial score (nSPS) is 17.2. The molecule has 6 rings (SSSR count). The van der Waals surface area contributed by atoms with Crippen LogP contribution >= 0.6 is 0 Å². The highest BCUT2D eigenvalue weighted by atomic mass is 15.0. The minimum absolute atomic E-state index is 0.272. The Bertz CT molecular complexity index is 1320. The second-order valence-electron chi connectivity index (χ2n) is 8.87. The molecule has 0 spiro atoms. The number of nitrogens with zero attached hydrogens (tertiary/aromatic N) is 4. The highest BCUT2D eigenvalue weighted by Crippen LogP contribution is 2.44. The van der Waals surface area contributed by atoms with Gasteiger partial charge in [-0.2, -0.15) is 0 Å². The Balaban J connectivity index is 1.36. The Morgan fingerprint density at radius 3 is 2.79 bits per heavy atom. The molecule has 4 aromatic rings. The smallest absolute Gasteiger partial charge is 0.162 e. The van der Waals surface area contributed by atoms with Crippen molar-refractivity contribution in [2.45, 2.75) is 37.6 Å². The van der Waals surface area contributed by atoms with Crippen LogP contribution in [0.2, 0.25) is 0 Å². The lowest BCUT2D eigenvalue weighted by atomic mass is 10.1. The fourth-order valence-corrected chi connectivity index (χ4v) is 4.79. The number of benzene rings is 1. The van der Waals surface area contributed by atoms with Crippen molar-refractivity contribution < 1.29 is 0 Å². The number of hydrogen-bond acceptors (Lipinski definition) is 7. The SMILES string of the molecule is NCCNc1nc(-c2ccnc(NC3CCc4ccccc43)c2)nc2cncc(C3CC3)c12. The van der Waals surface area contributed by atoms with Crippen LogP contribution in [0.5, 0.6) is 0 Å². The molecule has 1 saturated carbocycles. The average Bonchev–Trinajstić information content (AvgIpc) is 3.63. The molecule has 0 saturated heterocycles. The first kappa shape index (κ1) is 20.1. The molecule has 0 amide bonds. The topological polar surface area (TPSA) is 102 Å². The number of anilines is 2. The largest absolute Gasteiger partial charge is 0.368 e. The predicted molar refractivity (Wildman–Crippen MR) is 131 cm³/mol. The fourth-order valence-electron chi connectivity index (χ4n) is 4.79. The van der Waals surface area contributed by atoms with E-state index in [1.165, 1.54) is 29.5 Å². The number of nitrogens with one attached hydrogen (secondary N) is 2. The molecule has 1 aromatic carbocycles. The number of fused-ring (bicyclic) bond motifs is 2. The number of rotatable bonds is 7. The molecule has 0 radical (unpaired) electrons. The third kappa shape index (κ3) is 3.89. The van der Waals surface area contributed by atoms with Gasteiger partial charge in [-0.1, -0.05) is 24.3 Å². The Kier molecular flexibility index (Phi) is 5.11. The molecular weight excluding hydrogens is 410 g/mol. The minimum atomic E-state index is 0.272. The molecule has 2 aliphatic carbocycles. The van der Waals surface area contributed by atoms with Crippen LogP contribution in [0.15, 0.2) is 55.0 Å². The first-order valence-corrected chi connectivity index (χ1v) is 11.7. The third-order valence-electron chi connectivity index (χ3n) is 6.56. The van der Waals surface area contributed by atoms with Crippen LogP contribution < -0.4 is 16.4 Å². The molecule has 4 N–H and O–H groups in total. The summed E-state index contributed by atoms with van der Waals surface area (Å²) < 4.78 is 0. The van der Waals surface area contributed by atoms with Crippen LogP contribution in [-0.4, -0.2) is 33.0 Å². The van der Waals surface area contributed by atoms with Gasteiger partial charge < -0.3 is 16.4 Å². The van der Waals surface area contributed by atoms with E-state index < -0.39 is 0 Å². The Hall–Kier alpha value is -3.58. The molecule has 166 valence electrons. The number of pyridine rings is 2. The van der Waals surface area contributed by atoms with E-state index in [0.29, 0.717) is 24.8 Å². The summed E-state index contributed by atoms with van der Waals surface area (Å²) in [5.74, 6) is 2.88. The van der Waals surface area contributed by atoms with Gasteiger partial charge in [0, 0.05) is 36.4 Å². The van der Waals surface area contributed by atoms with Crippen molar-refractivity contribution in [2.75, 3.05) is 23.7 Å². The standard InChI is InChI=1S/C26H27N7/c27-10-12-30-26-24-20(17-5-6-17)14-28-15-22(24)32-25(33-26)18-9-11-29-23(13-18)31-21-8-7-16-3-1-2-4-19(16)21/h1-4,9,11,13-15,17,21H,5-8,10,12,27H2,(H,29,31)(H,30,32,33). The quantitative estimate of drug-likeness (QED) is 0.393. The van der Waals surface area contributed by atoms with Crippen molar-refractivity contribution in [1.82, 2.24) is 19.9 Å². The van der Waals surface area contributed by atoms with E-state index in [1.54, 1.807) is 0 Å². The van der Waals surface area contributed by atoms with Gasteiger partial charge in [0.1, 0.15) is 11.6 Å². The van der Waals surface area contributed by atoms with Crippen molar-refractivity contribution in [3.8, 4) is 11.4 Å². The summed E-state index contributed by atoms with van der Waals surface area (Å²) in [7, 11) is 0. The zero-order valence-electron chi connectivity index (χ0n) is 18.5. The van der Waals surface area contributed by atoms with Crippen molar-refractivity contribution in [3.63, 3.8) is 0 Å². The van der Waals surface area contributed by atoms with E-state index in [0.717, 1.165) is 40.9 Å². The van der Waals surface area contributed by atoms with E-state index in [9.17, 15) is 0 Å². The number of aryl methyl sites for hydroxylation is 1. The molecule has 0 aliphatic heterocycles. The molecule has 7 heteroatoms. The van der Waals surface area contributed by atoms with Crippen molar-refractivity contribution in [3.05, 3.63) is 71.7 Å². The lowest BCUT2D eigenvalue weighted by Crippen LogP contribution is -2.15. The van der Waals surface area contributed by atoms with Gasteiger partial charge in [-0.3, -0.25) is 4.98 Å². The fraction of sp³-hybridized carbons (Fsp3) is 0.308. The van der Waals surface area contributed by atoms with Crippen molar-refractivity contribution in [1.29, 1.82) is 0 Å². The first-order chi connectivity index (χ1) is 16.3. The maximum Gasteiger partial charge on any atom is 0.162 e. The summed E-state index contributed by atoms with van der Waals surface area (Å²) in [5.41, 5.74) is 11.6. The van der Waals surface area contributed by atoms with Gasteiger partial charge in [0.05, 0.1) is 17.8 Å². The van der Waals surface area contributed by atoms with Crippen LogP contribution in [0.25, 0.3) is 22.3 Å². The Morgan fingerprint density at radius 1 is 1.00 bits per heavy atom. The van der Waals surface area contributed by atoms with E-state index in [2.05, 4.69) is 44.9 Å². The molecule has 1 unspecified atom stereocenters. The van der Waals surface area contributed by atoms with E-state index >= 15 is 0 Å². The molecule has 3 aromatic heterocycles. The van der Waals surface area contributed by atoms with Gasteiger partial charge in [-0.25, -0.2) is 15.0 Å². The third-order valence-corrected chi connectivity index (χ3v) is 6.56. The Labute approximate surface area is 192 Å². The summed E-state index contributed by atoms with van der Waals surface area (Å²) in [5, 5.41) is 8.10. The van der Waals surface area contributed by atoms with Gasteiger partial charge in [0.2, 0.25) is 0 Å². The predicted octanol–water partition coefficient (Wildman–Crippen LogP) is 4.43. The summed E-state index contributed by atoms with van der Waals surface area (Å²) in [6, 6.07) is 12.9. The van der Waals surface area contributed by atoms with E-state index in [1.807, 2.05) is 30.7 Å². The second kappa shape index (κ2) is 8.41. The maximum atomic E-state index is 5.78. The highest BCUT2D eigenvalue weighted by Gasteiger charge is 2.28. The zero-order chi connectivity index (χ0) is 22.2. The lowest BCUT2D eigenvalue weighted by Gasteiger charge is -2.16. The molecule has 3 heterocycles. The number of hydrogen-bond donors (Lipinski definition) is 3. The van der Waals surface area contributed by atoms with Crippen LogP contribution in [0.4, 0.5) is 11.6 Å². The van der Waals surface area contributed by atoms with Gasteiger partial charge in [-0.15, -0.1) is 0 Å². The zero-order valence-corrected chi connectivity index (χ0v) is 18.5. The minimum Gasteiger partial charge on any atom is -0.368 e. The van der Waals surface area contributed by atoms with Gasteiger partial charge in [-0.05, 0) is 60.4 Å². The monoisotopic (exact) mass is 437 g/mol. The Morgan fingerprint density at radius 2 is 1.91 bits per heavy atom. The lowest BCUT2D eigenvalue weighted by molar-refractivity contribution is 0.757. The molecule has 2 aliphatic rings. The summed E-state index contributed by atoms with van der Waals surface area (Å²) in [4.78, 5) is 18.9. The summed E-state index contributed by atoms with van der Waals surface area (Å²) in [6.45, 7) is 1.19. The number of aromatic nitrogens is 4. The average molecular weight is 438 g/mol. The number of nitrogens with two attached hydrogens (primary N) is 1. The summed E-state index contributed by atoms with van der Waals surface area (Å²) >= 11 is 0. The molecule has 1 atom stereocenters. The molecule has 1 fully saturated rings. The first-order valence-electron chi connectivity index (χ1n) is 11.7. The van der Waals surface area contributed by atoms with Gasteiger partial charge in [0.15, 0.2) is 5.82 Å². The maximum absolute atomic E-state index is 5.78. The molecule has 0 bridgehead atoms. The highest BCUT2D eigenvalue weighted by molar-refractivity contribution is 5.93. The van der Waals surface area contributed by atoms with Crippen LogP contribution in [0, 0.1) is 0 Å². The van der Waals surface area contributed by atoms with Crippen LogP contribution in [0.3, 0.4) is 0 Å². The molecular formula is C26H27N7. The van der Waals surface area contributed by atoms with Gasteiger partial charge in [0.25, 0.3) is 0 Å². The van der Waals surface area contributed by atoms with E-state index in [-0.39, 0.29) is 6.04 Å². The second-order valence-corrected chi connectivity index (χ2v) is 8.87. The van der Waals surface area contributed by atoms with E-state index in [4.69, 9.17) is 15.7 Å². The van der Waals surface area contributed by atoms with Crippen LogP contribution in [0.1, 0.15) is 47.9 Å². The van der Waals surface area contributed by atoms with Gasteiger partial charge >= 0.3 is 0 Å². The van der Waals surface area contributed by atoms with Crippen molar-refractivity contribution >= 4 is 22.5 Å². The van der Waals surface area contributed by atoms with Crippen molar-refractivity contribution in [2.24, 2.45) is 5.73 Å². The van der Waals surface area contributed by atoms with Crippen LogP contribution in [-0.2, 0) is 6.42 Å². The molecule has 7 nitrogen and oxygen atoms in total. The molecule has 33 heavy (non-hydrogen) atoms. The summed E-state index contributed by atoms with van der Waals surface area (Å²) in [6.07, 6.45) is 10.2.